The Kier molecular flexibility index (Phi) is 4.55. The summed E-state index contributed by atoms with van der Waals surface area (Å²) in [6.07, 6.45) is 4.20. The molecule has 1 saturated carbocycles. The first-order valence-electron chi connectivity index (χ1n) is 7.95. The number of ether oxygens (including phenoxy) is 1. The summed E-state index contributed by atoms with van der Waals surface area (Å²) in [5, 5.41) is 3.03. The van der Waals surface area contributed by atoms with Crippen molar-refractivity contribution in [1.29, 1.82) is 0 Å². The summed E-state index contributed by atoms with van der Waals surface area (Å²) in [5.74, 6) is 0.823. The van der Waals surface area contributed by atoms with Crippen LogP contribution in [0.1, 0.15) is 24.1 Å². The predicted molar refractivity (Wildman–Crippen MR) is 89.2 cm³/mol. The molecular formula is C18H23N3O2. The third kappa shape index (κ3) is 3.86. The molecule has 0 aliphatic heterocycles. The monoisotopic (exact) mass is 313 g/mol. The lowest BCUT2D eigenvalue weighted by molar-refractivity contribution is 0.190. The van der Waals surface area contributed by atoms with Crippen molar-refractivity contribution < 1.29 is 9.53 Å². The van der Waals surface area contributed by atoms with E-state index in [9.17, 15) is 4.79 Å². The average Bonchev–Trinajstić information content (AvgIpc) is 3.33. The molecule has 2 aromatic rings. The summed E-state index contributed by atoms with van der Waals surface area (Å²) in [6, 6.07) is 12.2. The fourth-order valence-electron chi connectivity index (χ4n) is 2.61. The zero-order chi connectivity index (χ0) is 16.2. The van der Waals surface area contributed by atoms with E-state index in [1.54, 1.807) is 7.11 Å². The van der Waals surface area contributed by atoms with Crippen LogP contribution in [0.4, 0.5) is 4.79 Å². The van der Waals surface area contributed by atoms with E-state index in [1.807, 2.05) is 48.5 Å². The van der Waals surface area contributed by atoms with Crippen LogP contribution in [-0.4, -0.2) is 28.6 Å². The van der Waals surface area contributed by atoms with Crippen LogP contribution in [0.25, 0.3) is 0 Å². The van der Waals surface area contributed by atoms with Crippen LogP contribution >= 0.6 is 0 Å². The molecular weight excluding hydrogens is 290 g/mol. The molecule has 1 fully saturated rings. The largest absolute Gasteiger partial charge is 0.497 e. The van der Waals surface area contributed by atoms with Gasteiger partial charge < -0.3 is 19.5 Å². The number of carbonyl (C=O) groups excluding carboxylic acids is 1. The lowest BCUT2D eigenvalue weighted by atomic mass is 10.2. The van der Waals surface area contributed by atoms with Crippen molar-refractivity contribution in [2.45, 2.75) is 32.0 Å². The number of nitrogens with one attached hydrogen (secondary N) is 1. The van der Waals surface area contributed by atoms with Crippen LogP contribution in [0.3, 0.4) is 0 Å². The van der Waals surface area contributed by atoms with Crippen LogP contribution in [0.2, 0.25) is 0 Å². The zero-order valence-corrected chi connectivity index (χ0v) is 13.7. The molecule has 1 aromatic carbocycles. The second-order valence-electron chi connectivity index (χ2n) is 5.98. The minimum atomic E-state index is 0.00418. The number of rotatable bonds is 6. The van der Waals surface area contributed by atoms with Gasteiger partial charge in [-0.2, -0.15) is 0 Å². The molecule has 1 heterocycles. The van der Waals surface area contributed by atoms with Gasteiger partial charge in [-0.3, -0.25) is 0 Å². The number of amides is 2. The van der Waals surface area contributed by atoms with Crippen LogP contribution in [0, 0.1) is 0 Å². The highest BCUT2D eigenvalue weighted by atomic mass is 16.5. The molecule has 1 N–H and O–H groups in total. The van der Waals surface area contributed by atoms with E-state index in [1.165, 1.54) is 0 Å². The molecule has 122 valence electrons. The third-order valence-corrected chi connectivity index (χ3v) is 4.23. The summed E-state index contributed by atoms with van der Waals surface area (Å²) in [5.41, 5.74) is 2.21. The van der Waals surface area contributed by atoms with Gasteiger partial charge in [-0.25, -0.2) is 4.79 Å². The Labute approximate surface area is 136 Å². The van der Waals surface area contributed by atoms with Crippen LogP contribution in [0.15, 0.2) is 42.6 Å². The van der Waals surface area contributed by atoms with Crippen LogP contribution in [-0.2, 0) is 20.1 Å². The molecule has 0 bridgehead atoms. The molecule has 1 aliphatic rings. The summed E-state index contributed by atoms with van der Waals surface area (Å²) in [7, 11) is 3.66. The molecule has 0 saturated heterocycles. The smallest absolute Gasteiger partial charge is 0.318 e. The maximum Gasteiger partial charge on any atom is 0.318 e. The Morgan fingerprint density at radius 3 is 2.61 bits per heavy atom. The van der Waals surface area contributed by atoms with Gasteiger partial charge >= 0.3 is 6.03 Å². The topological polar surface area (TPSA) is 46.5 Å². The number of hydrogen-bond donors (Lipinski definition) is 1. The van der Waals surface area contributed by atoms with E-state index < -0.39 is 0 Å². The fraction of sp³-hybridized carbons (Fsp3) is 0.389. The number of urea groups is 1. The highest BCUT2D eigenvalue weighted by Gasteiger charge is 2.32. The van der Waals surface area contributed by atoms with Crippen LogP contribution in [0.5, 0.6) is 5.75 Å². The minimum Gasteiger partial charge on any atom is -0.497 e. The Morgan fingerprint density at radius 2 is 2.04 bits per heavy atom. The maximum atomic E-state index is 12.5. The number of aromatic nitrogens is 1. The third-order valence-electron chi connectivity index (χ3n) is 4.23. The van der Waals surface area contributed by atoms with Gasteiger partial charge in [-0.05, 0) is 42.7 Å². The summed E-state index contributed by atoms with van der Waals surface area (Å²) in [6.45, 7) is 1.18. The summed E-state index contributed by atoms with van der Waals surface area (Å²) < 4.78 is 7.21. The van der Waals surface area contributed by atoms with Crippen molar-refractivity contribution in [3.63, 3.8) is 0 Å². The summed E-state index contributed by atoms with van der Waals surface area (Å²) in [4.78, 5) is 14.5. The van der Waals surface area contributed by atoms with Crippen LogP contribution < -0.4 is 10.1 Å². The van der Waals surface area contributed by atoms with Gasteiger partial charge in [0, 0.05) is 31.5 Å². The standard InChI is InChI=1S/C18H23N3O2/c1-20-11-3-4-16(20)13-21(15-7-8-15)18(22)19-12-14-5-9-17(23-2)10-6-14/h3-6,9-11,15H,7-8,12-13H2,1-2H3,(H,19,22). The number of hydrogen-bond acceptors (Lipinski definition) is 2. The van der Waals surface area contributed by atoms with E-state index >= 15 is 0 Å². The van der Waals surface area contributed by atoms with E-state index in [4.69, 9.17) is 4.74 Å². The van der Waals surface area contributed by atoms with E-state index in [0.717, 1.165) is 29.8 Å². The molecule has 23 heavy (non-hydrogen) atoms. The highest BCUT2D eigenvalue weighted by molar-refractivity contribution is 5.74. The Balaban J connectivity index is 1.59. The first kappa shape index (κ1) is 15.5. The number of benzene rings is 1. The average molecular weight is 313 g/mol. The highest BCUT2D eigenvalue weighted by Crippen LogP contribution is 2.28. The van der Waals surface area contributed by atoms with Gasteiger partial charge in [0.1, 0.15) is 5.75 Å². The Morgan fingerprint density at radius 1 is 1.30 bits per heavy atom. The van der Waals surface area contributed by atoms with E-state index in [2.05, 4.69) is 16.0 Å². The van der Waals surface area contributed by atoms with Gasteiger partial charge in [-0.1, -0.05) is 12.1 Å². The molecule has 1 aliphatic carbocycles. The second-order valence-corrected chi connectivity index (χ2v) is 5.98. The number of carbonyl (C=O) groups is 1. The van der Waals surface area contributed by atoms with E-state index in [0.29, 0.717) is 19.1 Å². The van der Waals surface area contributed by atoms with Gasteiger partial charge in [0.25, 0.3) is 0 Å². The maximum absolute atomic E-state index is 12.5. The first-order chi connectivity index (χ1) is 11.2. The van der Waals surface area contributed by atoms with Crippen molar-refractivity contribution >= 4 is 6.03 Å². The molecule has 3 rings (SSSR count). The Hall–Kier alpha value is -2.43. The minimum absolute atomic E-state index is 0.00418. The molecule has 2 amide bonds. The van der Waals surface area contributed by atoms with Crippen molar-refractivity contribution in [3.8, 4) is 5.75 Å². The van der Waals surface area contributed by atoms with Crippen molar-refractivity contribution in [2.24, 2.45) is 7.05 Å². The zero-order valence-electron chi connectivity index (χ0n) is 13.7. The molecule has 0 spiro atoms. The van der Waals surface area contributed by atoms with Gasteiger partial charge in [0.05, 0.1) is 13.7 Å². The SMILES string of the molecule is COc1ccc(CNC(=O)N(Cc2cccn2C)C2CC2)cc1. The predicted octanol–water partition coefficient (Wildman–Crippen LogP) is 2.91. The van der Waals surface area contributed by atoms with E-state index in [-0.39, 0.29) is 6.03 Å². The van der Waals surface area contributed by atoms with Gasteiger partial charge in [-0.15, -0.1) is 0 Å². The molecule has 5 nitrogen and oxygen atoms in total. The first-order valence-corrected chi connectivity index (χ1v) is 7.95. The normalized spacial score (nSPS) is 13.7. The Bertz CT molecular complexity index is 659. The van der Waals surface area contributed by atoms with Crippen molar-refractivity contribution in [1.82, 2.24) is 14.8 Å². The molecule has 0 unspecified atom stereocenters. The van der Waals surface area contributed by atoms with Crippen molar-refractivity contribution in [3.05, 3.63) is 53.9 Å². The molecule has 0 atom stereocenters. The number of methoxy groups -OCH3 is 1. The number of nitrogens with zero attached hydrogens (tertiary/aromatic N) is 2. The molecule has 1 aromatic heterocycles. The van der Waals surface area contributed by atoms with Crippen molar-refractivity contribution in [2.75, 3.05) is 7.11 Å². The quantitative estimate of drug-likeness (QED) is 0.891. The molecule has 5 heteroatoms. The van der Waals surface area contributed by atoms with Gasteiger partial charge in [0.15, 0.2) is 0 Å². The fourth-order valence-corrected chi connectivity index (χ4v) is 2.61. The lowest BCUT2D eigenvalue weighted by Crippen LogP contribution is -2.40. The lowest BCUT2D eigenvalue weighted by Gasteiger charge is -2.23. The second kappa shape index (κ2) is 6.77. The van der Waals surface area contributed by atoms with Gasteiger partial charge in [0.2, 0.25) is 0 Å². The number of aryl methyl sites for hydroxylation is 1. The summed E-state index contributed by atoms with van der Waals surface area (Å²) >= 11 is 0. The molecule has 0 radical (unpaired) electrons.